The lowest BCUT2D eigenvalue weighted by molar-refractivity contribution is 0.433. The van der Waals surface area contributed by atoms with Crippen molar-refractivity contribution in [2.75, 3.05) is 0 Å². The lowest BCUT2D eigenvalue weighted by Gasteiger charge is -2.23. The van der Waals surface area contributed by atoms with Gasteiger partial charge in [-0.2, -0.15) is 22.2 Å². The van der Waals surface area contributed by atoms with Gasteiger partial charge < -0.3 is 0 Å². The molecule has 4 bridgehead atoms. The average Bonchev–Trinajstić information content (AvgIpc) is 3.57. The van der Waals surface area contributed by atoms with E-state index in [0.29, 0.717) is 18.1 Å². The van der Waals surface area contributed by atoms with Crippen LogP contribution in [-0.2, 0) is 0 Å². The molecule has 4 rings (SSSR count). The Hall–Kier alpha value is 2.99. The molecule has 0 aliphatic heterocycles. The predicted molar refractivity (Wildman–Crippen MR) is 186 cm³/mol. The van der Waals surface area contributed by atoms with Crippen LogP contribution in [0.15, 0.2) is 37.0 Å². The van der Waals surface area contributed by atoms with Crippen molar-refractivity contribution >= 4 is 137 Å². The largest absolute Gasteiger partial charge is 0.341 e. The highest BCUT2D eigenvalue weighted by Crippen LogP contribution is 2.47. The number of rotatable bonds is 10. The second-order valence-electron chi connectivity index (χ2n) is 10.3. The number of allylic oxidation sites excluding steroid dienone is 5. The smallest absolute Gasteiger partial charge is 0.150 e. The zero-order valence-electron chi connectivity index (χ0n) is 20.0. The van der Waals surface area contributed by atoms with Crippen molar-refractivity contribution < 1.29 is 0 Å². The molecular formula is C23H38Cl10Si4. The number of hydrogen-bond acceptors (Lipinski definition) is 0. The molecule has 0 amide bonds. The Morgan fingerprint density at radius 1 is 0.703 bits per heavy atom. The Labute approximate surface area is 276 Å². The van der Waals surface area contributed by atoms with Gasteiger partial charge in [-0.05, 0) is 91.4 Å². The van der Waals surface area contributed by atoms with Gasteiger partial charge in [-0.15, -0.1) is 95.2 Å². The molecule has 0 radical (unpaired) electrons. The van der Waals surface area contributed by atoms with Crippen molar-refractivity contribution in [2.24, 2.45) is 35.5 Å². The average molecular weight is 781 g/mol. The van der Waals surface area contributed by atoms with Gasteiger partial charge in [0.1, 0.15) is 0 Å². The first-order valence-electron chi connectivity index (χ1n) is 12.4. The summed E-state index contributed by atoms with van der Waals surface area (Å²) in [4.78, 5) is 0. The summed E-state index contributed by atoms with van der Waals surface area (Å²) in [5.41, 5.74) is 0. The van der Waals surface area contributed by atoms with Crippen molar-refractivity contribution in [3.63, 3.8) is 0 Å². The maximum atomic E-state index is 6.46. The lowest BCUT2D eigenvalue weighted by Crippen LogP contribution is -2.24. The zero-order valence-corrected chi connectivity index (χ0v) is 31.7. The summed E-state index contributed by atoms with van der Waals surface area (Å²) in [5, 5.41) is 0. The highest BCUT2D eigenvalue weighted by atomic mass is 35.8. The van der Waals surface area contributed by atoms with E-state index in [4.69, 9.17) is 111 Å². The number of halogens is 10. The van der Waals surface area contributed by atoms with Gasteiger partial charge in [0.2, 0.25) is 7.42 Å². The third-order valence-electron chi connectivity index (χ3n) is 7.35. The van der Waals surface area contributed by atoms with E-state index in [-0.39, 0.29) is 7.43 Å². The summed E-state index contributed by atoms with van der Waals surface area (Å²) in [6.45, 7) is 1.62. The molecule has 4 aliphatic carbocycles. The summed E-state index contributed by atoms with van der Waals surface area (Å²) in [7, 11) is -1.54. The molecule has 0 spiro atoms. The molecule has 0 aromatic rings. The Bertz CT molecular complexity index is 751. The number of fused-ring (bicyclic) bond motifs is 4. The first kappa shape index (κ1) is 38.0. The topological polar surface area (TPSA) is 0 Å². The SMILES string of the molecule is C.C=CC1CC2C=CC1C2.Cl[SiH](Cl)CC[Si](Cl)(Cl)Cl.Cl[Si](Cl)(Cl)CC[Si](Cl)(Cl)CCC1CC2C=CC1C2. The van der Waals surface area contributed by atoms with Crippen LogP contribution in [0.3, 0.4) is 0 Å². The lowest BCUT2D eigenvalue weighted by atomic mass is 9.91. The third kappa shape index (κ3) is 15.9. The van der Waals surface area contributed by atoms with Gasteiger partial charge in [0.15, 0.2) is 0 Å². The van der Waals surface area contributed by atoms with Crippen LogP contribution in [0.4, 0.5) is 0 Å². The van der Waals surface area contributed by atoms with Crippen molar-refractivity contribution in [1.82, 2.24) is 0 Å². The molecule has 0 aromatic carbocycles. The molecule has 4 aliphatic rings. The number of hydrogen-bond donors (Lipinski definition) is 0. The second kappa shape index (κ2) is 17.3. The fraction of sp³-hybridized carbons (Fsp3) is 0.739. The Morgan fingerprint density at radius 3 is 1.57 bits per heavy atom. The molecule has 0 heterocycles. The van der Waals surface area contributed by atoms with E-state index in [2.05, 4.69) is 37.0 Å². The van der Waals surface area contributed by atoms with Gasteiger partial charge >= 0.3 is 12.0 Å². The molecule has 216 valence electrons. The van der Waals surface area contributed by atoms with E-state index >= 15 is 0 Å². The van der Waals surface area contributed by atoms with Gasteiger partial charge in [-0.25, -0.2) is 0 Å². The highest BCUT2D eigenvalue weighted by molar-refractivity contribution is 7.65. The molecule has 0 aromatic heterocycles. The van der Waals surface area contributed by atoms with E-state index < -0.39 is 26.1 Å². The van der Waals surface area contributed by atoms with E-state index in [1.807, 2.05) is 0 Å². The Kier molecular flexibility index (Phi) is 17.8. The normalized spacial score (nSPS) is 29.5. The maximum absolute atomic E-state index is 6.46. The summed E-state index contributed by atoms with van der Waals surface area (Å²) in [6.07, 6.45) is 18.1. The standard InChI is InChI=1S/C11H17Cl5Si2.C9H12.C2H5Cl5Si2.CH4/c12-17(13,5-6-18(14,15)16)4-3-11-8-9-1-2-10(11)7-9;1-2-8-5-7-3-4-9(8)6-7;3-8(4)1-2-9(5,6)7;/h1-2,9-11H,3-8H2;2-4,7-9H,1,5-6H2;8H,1-2H2;1H4. The second-order valence-corrected chi connectivity index (χ2v) is 41.7. The Morgan fingerprint density at radius 2 is 1.24 bits per heavy atom. The first-order valence-corrected chi connectivity index (χ1v) is 31.6. The maximum Gasteiger partial charge on any atom is 0.341 e. The van der Waals surface area contributed by atoms with Crippen molar-refractivity contribution in [2.45, 2.75) is 69.8 Å². The molecule has 14 heteroatoms. The van der Waals surface area contributed by atoms with Crippen LogP contribution in [0.25, 0.3) is 0 Å². The van der Waals surface area contributed by atoms with Crippen molar-refractivity contribution in [3.8, 4) is 0 Å². The van der Waals surface area contributed by atoms with E-state index in [1.165, 1.54) is 25.7 Å². The van der Waals surface area contributed by atoms with Gasteiger partial charge in [0.05, 0.1) is 0 Å². The molecule has 0 N–H and O–H groups in total. The van der Waals surface area contributed by atoms with Crippen LogP contribution < -0.4 is 0 Å². The van der Waals surface area contributed by atoms with Crippen molar-refractivity contribution in [3.05, 3.63) is 37.0 Å². The van der Waals surface area contributed by atoms with E-state index in [1.54, 1.807) is 0 Å². The van der Waals surface area contributed by atoms with E-state index in [0.717, 1.165) is 54.0 Å². The molecule has 0 saturated heterocycles. The molecule has 37 heavy (non-hydrogen) atoms. The molecule has 2 saturated carbocycles. The van der Waals surface area contributed by atoms with Gasteiger partial charge in [-0.1, -0.05) is 44.2 Å². The van der Waals surface area contributed by atoms with Crippen molar-refractivity contribution in [1.29, 1.82) is 0 Å². The molecule has 6 unspecified atom stereocenters. The fourth-order valence-electron chi connectivity index (χ4n) is 5.44. The summed E-state index contributed by atoms with van der Waals surface area (Å²) in [6, 6.07) is -1.48. The summed E-state index contributed by atoms with van der Waals surface area (Å²) >= 11 is 58.3. The molecule has 0 nitrogen and oxygen atoms in total. The minimum atomic E-state index is -2.57. The third-order valence-corrected chi connectivity index (χ3v) is 19.8. The summed E-state index contributed by atoms with van der Waals surface area (Å²) in [5.74, 6) is 4.94. The van der Waals surface area contributed by atoms with Crippen LogP contribution >= 0.6 is 111 Å². The zero-order chi connectivity index (χ0) is 27.1. The van der Waals surface area contributed by atoms with Crippen LogP contribution in [0, 0.1) is 35.5 Å². The molecule has 6 atom stereocenters. The summed E-state index contributed by atoms with van der Waals surface area (Å²) < 4.78 is 0. The molecular weight excluding hydrogens is 743 g/mol. The van der Waals surface area contributed by atoms with Crippen LogP contribution in [0.2, 0.25) is 30.2 Å². The highest BCUT2D eigenvalue weighted by Gasteiger charge is 2.39. The minimum Gasteiger partial charge on any atom is -0.150 e. The predicted octanol–water partition coefficient (Wildman–Crippen LogP) is 12.5. The Balaban J connectivity index is 0.000000304. The van der Waals surface area contributed by atoms with E-state index in [9.17, 15) is 0 Å². The minimum absolute atomic E-state index is 0. The van der Waals surface area contributed by atoms with Crippen LogP contribution in [0.1, 0.15) is 39.5 Å². The van der Waals surface area contributed by atoms with Crippen LogP contribution in [0.5, 0.6) is 0 Å². The first-order chi connectivity index (χ1) is 16.6. The van der Waals surface area contributed by atoms with Crippen LogP contribution in [-0.4, -0.2) is 26.1 Å². The fourth-order valence-corrected chi connectivity index (χ4v) is 21.1. The monoisotopic (exact) mass is 776 g/mol. The van der Waals surface area contributed by atoms with Gasteiger partial charge in [-0.3, -0.25) is 0 Å². The van der Waals surface area contributed by atoms with Gasteiger partial charge in [0, 0.05) is 0 Å². The van der Waals surface area contributed by atoms with Gasteiger partial charge in [0.25, 0.3) is 6.69 Å². The quantitative estimate of drug-likeness (QED) is 0.118. The molecule has 2 fully saturated rings.